The van der Waals surface area contributed by atoms with Crippen molar-refractivity contribution in [3.8, 4) is 0 Å². The van der Waals surface area contributed by atoms with E-state index in [1.54, 1.807) is 0 Å². The maximum atomic E-state index is 13.6. The molecule has 2 rings (SSSR count). The van der Waals surface area contributed by atoms with Crippen LogP contribution in [0.15, 0.2) is 18.2 Å². The third-order valence-electron chi connectivity index (χ3n) is 3.59. The molecule has 1 aromatic rings. The van der Waals surface area contributed by atoms with Gasteiger partial charge in [0.05, 0.1) is 5.69 Å². The molecule has 1 aromatic carbocycles. The van der Waals surface area contributed by atoms with Gasteiger partial charge in [0, 0.05) is 17.5 Å². The molecule has 1 saturated carbocycles. The van der Waals surface area contributed by atoms with Gasteiger partial charge in [-0.05, 0) is 37.5 Å². The van der Waals surface area contributed by atoms with Crippen LogP contribution < -0.4 is 16.8 Å². The Kier molecular flexibility index (Phi) is 6.11. The van der Waals surface area contributed by atoms with E-state index in [1.807, 2.05) is 0 Å². The summed E-state index contributed by atoms with van der Waals surface area (Å²) in [6.45, 7) is 0. The highest BCUT2D eigenvalue weighted by Gasteiger charge is 2.26. The van der Waals surface area contributed by atoms with Crippen molar-refractivity contribution in [2.75, 3.05) is 5.32 Å². The highest BCUT2D eigenvalue weighted by molar-refractivity contribution is 5.97. The van der Waals surface area contributed by atoms with E-state index in [4.69, 9.17) is 11.5 Å². The van der Waals surface area contributed by atoms with Crippen LogP contribution in [0.4, 0.5) is 10.1 Å². The first-order valence-electron chi connectivity index (χ1n) is 6.63. The number of benzene rings is 1. The lowest BCUT2D eigenvalue weighted by atomic mass is 9.85. The number of hydrogen-bond acceptors (Lipinski definition) is 3. The predicted octanol–water partition coefficient (Wildman–Crippen LogP) is 1.80. The number of hydrogen-bond donors (Lipinski definition) is 3. The molecular formula is C14H19ClFN3O2. The predicted molar refractivity (Wildman–Crippen MR) is 80.7 cm³/mol. The van der Waals surface area contributed by atoms with Gasteiger partial charge in [-0.25, -0.2) is 4.39 Å². The van der Waals surface area contributed by atoms with E-state index in [9.17, 15) is 14.0 Å². The Hall–Kier alpha value is -1.66. The molecule has 0 aliphatic heterocycles. The topological polar surface area (TPSA) is 98.2 Å². The molecule has 0 spiro atoms. The van der Waals surface area contributed by atoms with Crippen LogP contribution in [0.25, 0.3) is 0 Å². The monoisotopic (exact) mass is 315 g/mol. The summed E-state index contributed by atoms with van der Waals surface area (Å²) in [5.74, 6) is -1.74. The maximum Gasteiger partial charge on any atom is 0.248 e. The molecule has 0 heterocycles. The van der Waals surface area contributed by atoms with Crippen molar-refractivity contribution < 1.29 is 14.0 Å². The van der Waals surface area contributed by atoms with E-state index in [2.05, 4.69) is 5.32 Å². The first-order valence-corrected chi connectivity index (χ1v) is 6.63. The highest BCUT2D eigenvalue weighted by Crippen LogP contribution is 2.25. The molecule has 0 radical (unpaired) electrons. The number of primary amides is 1. The van der Waals surface area contributed by atoms with Crippen molar-refractivity contribution in [2.24, 2.45) is 17.4 Å². The van der Waals surface area contributed by atoms with Gasteiger partial charge in [0.2, 0.25) is 11.8 Å². The number of rotatable bonds is 3. The number of anilines is 1. The molecule has 5 N–H and O–H groups in total. The standard InChI is InChI=1S/C14H18FN3O2.ClH/c15-11-5-4-8(13(17)19)7-12(11)18-14(20)9-2-1-3-10(16)6-9;/h4-5,7,9-10H,1-3,6,16H2,(H2,17,19)(H,18,20);1H. The molecule has 0 saturated heterocycles. The number of carbonyl (C=O) groups is 2. The Bertz CT molecular complexity index is 539. The summed E-state index contributed by atoms with van der Waals surface area (Å²) >= 11 is 0. The van der Waals surface area contributed by atoms with Gasteiger partial charge in [0.1, 0.15) is 5.82 Å². The van der Waals surface area contributed by atoms with Crippen molar-refractivity contribution in [1.82, 2.24) is 0 Å². The minimum Gasteiger partial charge on any atom is -0.366 e. The normalized spacial score (nSPS) is 21.2. The number of nitrogens with one attached hydrogen (secondary N) is 1. The third kappa shape index (κ3) is 4.41. The largest absolute Gasteiger partial charge is 0.366 e. The zero-order valence-electron chi connectivity index (χ0n) is 11.5. The first kappa shape index (κ1) is 17.4. The zero-order valence-corrected chi connectivity index (χ0v) is 12.3. The molecule has 0 bridgehead atoms. The lowest BCUT2D eigenvalue weighted by Gasteiger charge is -2.25. The van der Waals surface area contributed by atoms with Gasteiger partial charge in [-0.1, -0.05) is 6.42 Å². The molecule has 7 heteroatoms. The molecule has 0 aromatic heterocycles. The number of nitrogens with two attached hydrogens (primary N) is 2. The average molecular weight is 316 g/mol. The van der Waals surface area contributed by atoms with Crippen molar-refractivity contribution >= 4 is 29.9 Å². The smallest absolute Gasteiger partial charge is 0.248 e. The fourth-order valence-corrected chi connectivity index (χ4v) is 2.47. The SMILES string of the molecule is Cl.NC(=O)c1ccc(F)c(NC(=O)C2CCCC(N)C2)c1. The summed E-state index contributed by atoms with van der Waals surface area (Å²) in [6, 6.07) is 3.66. The van der Waals surface area contributed by atoms with Crippen molar-refractivity contribution in [1.29, 1.82) is 0 Å². The molecule has 2 unspecified atom stereocenters. The minimum absolute atomic E-state index is 0. The fourth-order valence-electron chi connectivity index (χ4n) is 2.47. The van der Waals surface area contributed by atoms with E-state index in [-0.39, 0.29) is 41.5 Å². The second kappa shape index (κ2) is 7.38. The van der Waals surface area contributed by atoms with E-state index >= 15 is 0 Å². The van der Waals surface area contributed by atoms with Crippen LogP contribution in [0.5, 0.6) is 0 Å². The molecule has 2 amide bonds. The second-order valence-corrected chi connectivity index (χ2v) is 5.17. The Balaban J connectivity index is 0.00000220. The Morgan fingerprint density at radius 2 is 2.00 bits per heavy atom. The third-order valence-corrected chi connectivity index (χ3v) is 3.59. The average Bonchev–Trinajstić information content (AvgIpc) is 2.41. The Labute approximate surface area is 128 Å². The lowest BCUT2D eigenvalue weighted by molar-refractivity contribution is -0.120. The van der Waals surface area contributed by atoms with Crippen LogP contribution in [0.2, 0.25) is 0 Å². The zero-order chi connectivity index (χ0) is 14.7. The Morgan fingerprint density at radius 1 is 1.29 bits per heavy atom. The summed E-state index contributed by atoms with van der Waals surface area (Å²) < 4.78 is 13.6. The molecule has 21 heavy (non-hydrogen) atoms. The number of halogens is 2. The number of amides is 2. The van der Waals surface area contributed by atoms with Crippen molar-refractivity contribution in [3.63, 3.8) is 0 Å². The van der Waals surface area contributed by atoms with E-state index in [1.165, 1.54) is 12.1 Å². The summed E-state index contributed by atoms with van der Waals surface area (Å²) in [7, 11) is 0. The van der Waals surface area contributed by atoms with Crippen LogP contribution in [-0.2, 0) is 4.79 Å². The summed E-state index contributed by atoms with van der Waals surface area (Å²) in [6.07, 6.45) is 3.15. The van der Waals surface area contributed by atoms with Gasteiger partial charge < -0.3 is 16.8 Å². The lowest BCUT2D eigenvalue weighted by Crippen LogP contribution is -2.34. The molecular weight excluding hydrogens is 297 g/mol. The maximum absolute atomic E-state index is 13.6. The fraction of sp³-hybridized carbons (Fsp3) is 0.429. The van der Waals surface area contributed by atoms with Crippen LogP contribution in [0, 0.1) is 11.7 Å². The molecule has 5 nitrogen and oxygen atoms in total. The van der Waals surface area contributed by atoms with Crippen LogP contribution >= 0.6 is 12.4 Å². The summed E-state index contributed by atoms with van der Waals surface area (Å²) in [4.78, 5) is 23.2. The first-order chi connectivity index (χ1) is 9.47. The van der Waals surface area contributed by atoms with Crippen LogP contribution in [0.1, 0.15) is 36.0 Å². The summed E-state index contributed by atoms with van der Waals surface area (Å²) in [5.41, 5.74) is 11.1. The van der Waals surface area contributed by atoms with Gasteiger partial charge >= 0.3 is 0 Å². The molecule has 2 atom stereocenters. The molecule has 116 valence electrons. The molecule has 1 aliphatic carbocycles. The van der Waals surface area contributed by atoms with Gasteiger partial charge in [-0.15, -0.1) is 12.4 Å². The van der Waals surface area contributed by atoms with Gasteiger partial charge in [-0.3, -0.25) is 9.59 Å². The van der Waals surface area contributed by atoms with Gasteiger partial charge in [0.15, 0.2) is 0 Å². The quantitative estimate of drug-likeness (QED) is 0.793. The van der Waals surface area contributed by atoms with Gasteiger partial charge in [0.25, 0.3) is 0 Å². The van der Waals surface area contributed by atoms with E-state index in [0.717, 1.165) is 25.3 Å². The highest BCUT2D eigenvalue weighted by atomic mass is 35.5. The van der Waals surface area contributed by atoms with Crippen LogP contribution in [-0.4, -0.2) is 17.9 Å². The Morgan fingerprint density at radius 3 is 2.62 bits per heavy atom. The van der Waals surface area contributed by atoms with E-state index in [0.29, 0.717) is 6.42 Å². The van der Waals surface area contributed by atoms with Crippen molar-refractivity contribution in [2.45, 2.75) is 31.7 Å². The van der Waals surface area contributed by atoms with E-state index < -0.39 is 11.7 Å². The van der Waals surface area contributed by atoms with Crippen LogP contribution in [0.3, 0.4) is 0 Å². The second-order valence-electron chi connectivity index (χ2n) is 5.17. The molecule has 1 fully saturated rings. The van der Waals surface area contributed by atoms with Crippen molar-refractivity contribution in [3.05, 3.63) is 29.6 Å². The summed E-state index contributed by atoms with van der Waals surface area (Å²) in [5, 5.41) is 2.52. The van der Waals surface area contributed by atoms with Gasteiger partial charge in [-0.2, -0.15) is 0 Å². The minimum atomic E-state index is -0.666. The number of carbonyl (C=O) groups excluding carboxylic acids is 2. The molecule has 1 aliphatic rings.